The zero-order valence-electron chi connectivity index (χ0n) is 10.6. The highest BCUT2D eigenvalue weighted by atomic mass is 16.4. The van der Waals surface area contributed by atoms with E-state index in [2.05, 4.69) is 5.32 Å². The molecule has 1 atom stereocenters. The minimum atomic E-state index is -0.841. The van der Waals surface area contributed by atoms with Crippen LogP contribution in [0.4, 0.5) is 0 Å². The molecule has 1 saturated heterocycles. The van der Waals surface area contributed by atoms with Gasteiger partial charge in [-0.2, -0.15) is 0 Å². The van der Waals surface area contributed by atoms with Gasteiger partial charge in [-0.15, -0.1) is 0 Å². The van der Waals surface area contributed by atoms with Gasteiger partial charge in [-0.05, 0) is 19.3 Å². The van der Waals surface area contributed by atoms with Crippen molar-refractivity contribution in [3.8, 4) is 0 Å². The molecule has 6 nitrogen and oxygen atoms in total. The fourth-order valence-electron chi connectivity index (χ4n) is 2.12. The summed E-state index contributed by atoms with van der Waals surface area (Å²) in [6, 6.07) is -0.370. The summed E-state index contributed by atoms with van der Waals surface area (Å²) < 4.78 is 0. The van der Waals surface area contributed by atoms with Gasteiger partial charge < -0.3 is 15.3 Å². The molecule has 1 fully saturated rings. The van der Waals surface area contributed by atoms with Gasteiger partial charge in [0, 0.05) is 25.9 Å². The molecule has 102 valence electrons. The predicted octanol–water partition coefficient (Wildman–Crippen LogP) is 0.368. The molecule has 1 heterocycles. The molecule has 0 bridgehead atoms. The van der Waals surface area contributed by atoms with E-state index in [9.17, 15) is 14.4 Å². The van der Waals surface area contributed by atoms with E-state index in [4.69, 9.17) is 5.11 Å². The number of rotatable bonds is 6. The summed E-state index contributed by atoms with van der Waals surface area (Å²) in [5.74, 6) is -0.990. The molecule has 18 heavy (non-hydrogen) atoms. The SMILES string of the molecule is CCC1C(=O)NCCN1C(=O)CCCCC(=O)O. The molecule has 0 spiro atoms. The third-order valence-electron chi connectivity index (χ3n) is 3.07. The normalized spacial score (nSPS) is 19.5. The lowest BCUT2D eigenvalue weighted by Gasteiger charge is -2.34. The number of piperazine rings is 1. The van der Waals surface area contributed by atoms with Crippen LogP contribution in [0.2, 0.25) is 0 Å². The molecule has 0 aromatic rings. The third-order valence-corrected chi connectivity index (χ3v) is 3.07. The number of aliphatic carboxylic acids is 1. The van der Waals surface area contributed by atoms with Crippen LogP contribution in [0.25, 0.3) is 0 Å². The van der Waals surface area contributed by atoms with E-state index in [1.165, 1.54) is 0 Å². The quantitative estimate of drug-likeness (QED) is 0.672. The number of hydrogen-bond acceptors (Lipinski definition) is 3. The molecule has 1 aliphatic rings. The Hall–Kier alpha value is -1.59. The van der Waals surface area contributed by atoms with Crippen LogP contribution in [-0.2, 0) is 14.4 Å². The monoisotopic (exact) mass is 256 g/mol. The van der Waals surface area contributed by atoms with Gasteiger partial charge in [-0.25, -0.2) is 0 Å². The van der Waals surface area contributed by atoms with Crippen LogP contribution in [0.15, 0.2) is 0 Å². The van der Waals surface area contributed by atoms with Crippen LogP contribution in [0.3, 0.4) is 0 Å². The average molecular weight is 256 g/mol. The van der Waals surface area contributed by atoms with E-state index in [1.807, 2.05) is 6.92 Å². The minimum Gasteiger partial charge on any atom is -0.481 e. The molecule has 0 aromatic heterocycles. The van der Waals surface area contributed by atoms with Crippen LogP contribution >= 0.6 is 0 Å². The molecule has 2 N–H and O–H groups in total. The van der Waals surface area contributed by atoms with Gasteiger partial charge in [-0.1, -0.05) is 6.92 Å². The molecule has 0 aromatic carbocycles. The second kappa shape index (κ2) is 6.98. The van der Waals surface area contributed by atoms with E-state index in [0.29, 0.717) is 38.8 Å². The second-order valence-electron chi connectivity index (χ2n) is 4.40. The Bertz CT molecular complexity index is 330. The number of nitrogens with zero attached hydrogens (tertiary/aromatic N) is 1. The van der Waals surface area contributed by atoms with Crippen molar-refractivity contribution in [2.24, 2.45) is 0 Å². The lowest BCUT2D eigenvalue weighted by atomic mass is 10.1. The van der Waals surface area contributed by atoms with Crippen molar-refractivity contribution >= 4 is 17.8 Å². The second-order valence-corrected chi connectivity index (χ2v) is 4.40. The molecule has 0 radical (unpaired) electrons. The van der Waals surface area contributed by atoms with Crippen molar-refractivity contribution in [3.05, 3.63) is 0 Å². The summed E-state index contributed by atoms with van der Waals surface area (Å²) in [5.41, 5.74) is 0. The van der Waals surface area contributed by atoms with Gasteiger partial charge >= 0.3 is 5.97 Å². The van der Waals surface area contributed by atoms with Crippen LogP contribution < -0.4 is 5.32 Å². The number of carbonyl (C=O) groups excluding carboxylic acids is 2. The largest absolute Gasteiger partial charge is 0.481 e. The van der Waals surface area contributed by atoms with Crippen LogP contribution in [-0.4, -0.2) is 46.9 Å². The molecule has 1 unspecified atom stereocenters. The molecule has 6 heteroatoms. The maximum atomic E-state index is 12.0. The molecule has 0 saturated carbocycles. The Labute approximate surface area is 106 Å². The van der Waals surface area contributed by atoms with Gasteiger partial charge in [0.1, 0.15) is 6.04 Å². The number of carboxylic acid groups (broad SMARTS) is 1. The van der Waals surface area contributed by atoms with Crippen molar-refractivity contribution in [3.63, 3.8) is 0 Å². The highest BCUT2D eigenvalue weighted by Crippen LogP contribution is 2.12. The molecular formula is C12H20N2O4. The summed E-state index contributed by atoms with van der Waals surface area (Å²) in [5, 5.41) is 11.2. The first kappa shape index (κ1) is 14.5. The van der Waals surface area contributed by atoms with E-state index >= 15 is 0 Å². The summed E-state index contributed by atoms with van der Waals surface area (Å²) in [6.07, 6.45) is 2.06. The fourth-order valence-corrected chi connectivity index (χ4v) is 2.12. The molecule has 0 aliphatic carbocycles. The first-order valence-corrected chi connectivity index (χ1v) is 6.35. The topological polar surface area (TPSA) is 86.7 Å². The van der Waals surface area contributed by atoms with E-state index in [1.54, 1.807) is 4.90 Å². The van der Waals surface area contributed by atoms with Gasteiger partial charge in [0.25, 0.3) is 0 Å². The van der Waals surface area contributed by atoms with Crippen molar-refractivity contribution in [1.29, 1.82) is 0 Å². The van der Waals surface area contributed by atoms with Crippen molar-refractivity contribution in [1.82, 2.24) is 10.2 Å². The van der Waals surface area contributed by atoms with Crippen molar-refractivity contribution in [2.75, 3.05) is 13.1 Å². The number of unbranched alkanes of at least 4 members (excludes halogenated alkanes) is 1. The summed E-state index contributed by atoms with van der Waals surface area (Å²) >= 11 is 0. The van der Waals surface area contributed by atoms with Crippen LogP contribution in [0, 0.1) is 0 Å². The van der Waals surface area contributed by atoms with Gasteiger partial charge in [0.2, 0.25) is 11.8 Å². The first-order chi connectivity index (χ1) is 8.56. The Morgan fingerprint density at radius 2 is 2.06 bits per heavy atom. The lowest BCUT2D eigenvalue weighted by Crippen LogP contribution is -2.56. The number of carbonyl (C=O) groups is 3. The standard InChI is InChI=1S/C12H20N2O4/c1-2-9-12(18)13-7-8-14(9)10(15)5-3-4-6-11(16)17/h9H,2-8H2,1H3,(H,13,18)(H,16,17). The highest BCUT2D eigenvalue weighted by Gasteiger charge is 2.30. The maximum absolute atomic E-state index is 12.0. The van der Waals surface area contributed by atoms with Gasteiger partial charge in [-0.3, -0.25) is 14.4 Å². The van der Waals surface area contributed by atoms with Crippen LogP contribution in [0.1, 0.15) is 39.0 Å². The number of nitrogens with one attached hydrogen (secondary N) is 1. The Morgan fingerprint density at radius 3 is 2.67 bits per heavy atom. The number of carboxylic acids is 1. The zero-order chi connectivity index (χ0) is 13.5. The molecule has 2 amide bonds. The van der Waals surface area contributed by atoms with Crippen LogP contribution in [0.5, 0.6) is 0 Å². The highest BCUT2D eigenvalue weighted by molar-refractivity contribution is 5.88. The first-order valence-electron chi connectivity index (χ1n) is 6.35. The van der Waals surface area contributed by atoms with E-state index in [0.717, 1.165) is 0 Å². The van der Waals surface area contributed by atoms with Crippen molar-refractivity contribution in [2.45, 2.75) is 45.1 Å². The minimum absolute atomic E-state index is 0.0536. The summed E-state index contributed by atoms with van der Waals surface area (Å²) in [6.45, 7) is 2.92. The van der Waals surface area contributed by atoms with Gasteiger partial charge in [0.05, 0.1) is 0 Å². The van der Waals surface area contributed by atoms with Crippen molar-refractivity contribution < 1.29 is 19.5 Å². The Morgan fingerprint density at radius 1 is 1.39 bits per heavy atom. The number of hydrogen-bond donors (Lipinski definition) is 2. The summed E-state index contributed by atoms with van der Waals surface area (Å²) in [7, 11) is 0. The maximum Gasteiger partial charge on any atom is 0.303 e. The Balaban J connectivity index is 2.39. The Kier molecular flexibility index (Phi) is 5.61. The summed E-state index contributed by atoms with van der Waals surface area (Å²) in [4.78, 5) is 35.5. The zero-order valence-corrected chi connectivity index (χ0v) is 10.6. The third kappa shape index (κ3) is 4.01. The average Bonchev–Trinajstić information content (AvgIpc) is 2.33. The van der Waals surface area contributed by atoms with E-state index in [-0.39, 0.29) is 24.3 Å². The lowest BCUT2D eigenvalue weighted by molar-refractivity contribution is -0.143. The fraction of sp³-hybridized carbons (Fsp3) is 0.750. The molecule has 1 aliphatic heterocycles. The number of amides is 2. The smallest absolute Gasteiger partial charge is 0.303 e. The van der Waals surface area contributed by atoms with E-state index < -0.39 is 5.97 Å². The molecule has 1 rings (SSSR count). The predicted molar refractivity (Wildman–Crippen MR) is 64.9 cm³/mol. The van der Waals surface area contributed by atoms with Gasteiger partial charge in [0.15, 0.2) is 0 Å². The molecular weight excluding hydrogens is 236 g/mol.